The second-order valence-electron chi connectivity index (χ2n) is 10.7. The zero-order chi connectivity index (χ0) is 32.7. The van der Waals surface area contributed by atoms with Crippen LogP contribution in [0.3, 0.4) is 0 Å². The van der Waals surface area contributed by atoms with E-state index in [0.717, 1.165) is 30.0 Å². The molecule has 1 saturated carbocycles. The SMILES string of the molecule is COc1ccc(S(=O)(=O)N(CC(=O)N(Cc2ccc(Cl)cc2)[C@H](C)C(=O)NC2CCCC2)c2cc(Cl)ccc2OC)cc1OC. The van der Waals surface area contributed by atoms with Crippen molar-refractivity contribution in [3.05, 3.63) is 76.3 Å². The number of methoxy groups -OCH3 is 3. The van der Waals surface area contributed by atoms with Gasteiger partial charge in [-0.3, -0.25) is 13.9 Å². The molecule has 0 unspecified atom stereocenters. The van der Waals surface area contributed by atoms with Crippen LogP contribution in [0.25, 0.3) is 0 Å². The molecule has 2 amide bonds. The number of hydrogen-bond acceptors (Lipinski definition) is 7. The lowest BCUT2D eigenvalue weighted by Gasteiger charge is -2.33. The number of amides is 2. The van der Waals surface area contributed by atoms with Crippen molar-refractivity contribution < 1.29 is 32.2 Å². The van der Waals surface area contributed by atoms with Crippen LogP contribution in [0, 0.1) is 0 Å². The molecular weight excluding hydrogens is 641 g/mol. The van der Waals surface area contributed by atoms with Crippen molar-refractivity contribution in [1.29, 1.82) is 0 Å². The molecule has 3 aromatic carbocycles. The van der Waals surface area contributed by atoms with E-state index in [4.69, 9.17) is 37.4 Å². The first-order valence-electron chi connectivity index (χ1n) is 14.4. The van der Waals surface area contributed by atoms with Crippen LogP contribution in [0.4, 0.5) is 5.69 Å². The van der Waals surface area contributed by atoms with Gasteiger partial charge in [0.1, 0.15) is 18.3 Å². The summed E-state index contributed by atoms with van der Waals surface area (Å²) in [5.41, 5.74) is 0.755. The fraction of sp³-hybridized carbons (Fsp3) is 0.375. The number of carbonyl (C=O) groups is 2. The topological polar surface area (TPSA) is 114 Å². The van der Waals surface area contributed by atoms with Crippen LogP contribution in [-0.4, -0.2) is 65.1 Å². The number of sulfonamides is 1. The van der Waals surface area contributed by atoms with E-state index >= 15 is 0 Å². The minimum Gasteiger partial charge on any atom is -0.495 e. The molecule has 0 heterocycles. The van der Waals surface area contributed by atoms with Gasteiger partial charge in [0, 0.05) is 28.7 Å². The Balaban J connectivity index is 1.77. The fourth-order valence-electron chi connectivity index (χ4n) is 5.24. The molecule has 0 radical (unpaired) electrons. The van der Waals surface area contributed by atoms with Gasteiger partial charge in [-0.25, -0.2) is 8.42 Å². The second-order valence-corrected chi connectivity index (χ2v) is 13.4. The lowest BCUT2D eigenvalue weighted by Crippen LogP contribution is -2.52. The van der Waals surface area contributed by atoms with E-state index in [2.05, 4.69) is 5.32 Å². The van der Waals surface area contributed by atoms with Gasteiger partial charge in [-0.05, 0) is 67.8 Å². The number of rotatable bonds is 13. The smallest absolute Gasteiger partial charge is 0.265 e. The normalized spacial score (nSPS) is 14.0. The van der Waals surface area contributed by atoms with Crippen LogP contribution in [0.5, 0.6) is 17.2 Å². The lowest BCUT2D eigenvalue weighted by atomic mass is 10.1. The Hall–Kier alpha value is -3.67. The maximum atomic E-state index is 14.3. The average molecular weight is 679 g/mol. The van der Waals surface area contributed by atoms with E-state index in [1.54, 1.807) is 37.3 Å². The Morgan fingerprint density at radius 2 is 1.47 bits per heavy atom. The molecular formula is C32H37Cl2N3O7S. The zero-order valence-corrected chi connectivity index (χ0v) is 27.9. The molecule has 242 valence electrons. The fourth-order valence-corrected chi connectivity index (χ4v) is 6.96. The van der Waals surface area contributed by atoms with Gasteiger partial charge in [-0.15, -0.1) is 0 Å². The molecule has 10 nitrogen and oxygen atoms in total. The molecule has 1 atom stereocenters. The molecule has 0 aromatic heterocycles. The molecule has 0 aliphatic heterocycles. The predicted octanol–water partition coefficient (Wildman–Crippen LogP) is 5.69. The number of ether oxygens (including phenoxy) is 3. The first kappa shape index (κ1) is 34.2. The predicted molar refractivity (Wildman–Crippen MR) is 174 cm³/mol. The van der Waals surface area contributed by atoms with Crippen LogP contribution in [0.1, 0.15) is 38.2 Å². The van der Waals surface area contributed by atoms with Crippen molar-refractivity contribution >= 4 is 50.7 Å². The van der Waals surface area contributed by atoms with Crippen molar-refractivity contribution in [2.75, 3.05) is 32.2 Å². The maximum absolute atomic E-state index is 14.3. The van der Waals surface area contributed by atoms with Crippen LogP contribution in [-0.2, 0) is 26.2 Å². The van der Waals surface area contributed by atoms with E-state index in [0.29, 0.717) is 16.3 Å². The first-order chi connectivity index (χ1) is 21.5. The van der Waals surface area contributed by atoms with Gasteiger partial charge in [0.15, 0.2) is 11.5 Å². The Bertz CT molecular complexity index is 1610. The molecule has 0 saturated heterocycles. The van der Waals surface area contributed by atoms with Crippen molar-refractivity contribution in [2.45, 2.75) is 56.1 Å². The monoisotopic (exact) mass is 677 g/mol. The highest BCUT2D eigenvalue weighted by Gasteiger charge is 2.35. The van der Waals surface area contributed by atoms with Crippen molar-refractivity contribution in [3.8, 4) is 17.2 Å². The summed E-state index contributed by atoms with van der Waals surface area (Å²) in [5, 5.41) is 3.80. The van der Waals surface area contributed by atoms with Gasteiger partial charge in [0.05, 0.1) is 31.9 Å². The number of carbonyl (C=O) groups excluding carboxylic acids is 2. The summed E-state index contributed by atoms with van der Waals surface area (Å²) >= 11 is 12.4. The highest BCUT2D eigenvalue weighted by molar-refractivity contribution is 7.92. The summed E-state index contributed by atoms with van der Waals surface area (Å²) in [6, 6.07) is 14.6. The summed E-state index contributed by atoms with van der Waals surface area (Å²) in [4.78, 5) is 28.9. The van der Waals surface area contributed by atoms with Gasteiger partial charge in [0.2, 0.25) is 11.8 Å². The summed E-state index contributed by atoms with van der Waals surface area (Å²) in [6.07, 6.45) is 3.79. The van der Waals surface area contributed by atoms with E-state index in [-0.39, 0.29) is 45.6 Å². The van der Waals surface area contributed by atoms with E-state index < -0.39 is 28.5 Å². The van der Waals surface area contributed by atoms with Crippen LogP contribution in [0.15, 0.2) is 65.6 Å². The molecule has 1 aliphatic carbocycles. The molecule has 1 N–H and O–H groups in total. The van der Waals surface area contributed by atoms with Crippen LogP contribution in [0.2, 0.25) is 10.0 Å². The lowest BCUT2D eigenvalue weighted by molar-refractivity contribution is -0.139. The summed E-state index contributed by atoms with van der Waals surface area (Å²) in [5.74, 6) is -0.253. The second kappa shape index (κ2) is 15.1. The number of nitrogens with one attached hydrogen (secondary N) is 1. The van der Waals surface area contributed by atoms with Gasteiger partial charge >= 0.3 is 0 Å². The first-order valence-corrected chi connectivity index (χ1v) is 16.6. The summed E-state index contributed by atoms with van der Waals surface area (Å²) in [6.45, 7) is 0.999. The van der Waals surface area contributed by atoms with Crippen LogP contribution < -0.4 is 23.8 Å². The molecule has 0 bridgehead atoms. The summed E-state index contributed by atoms with van der Waals surface area (Å²) < 4.78 is 45.7. The number of nitrogens with zero attached hydrogens (tertiary/aromatic N) is 2. The molecule has 3 aromatic rings. The van der Waals surface area contributed by atoms with Crippen molar-refractivity contribution in [2.24, 2.45) is 0 Å². The average Bonchev–Trinajstić information content (AvgIpc) is 3.55. The minimum atomic E-state index is -4.44. The Morgan fingerprint density at radius 1 is 0.867 bits per heavy atom. The van der Waals surface area contributed by atoms with E-state index in [9.17, 15) is 18.0 Å². The Kier molecular flexibility index (Phi) is 11.5. The number of hydrogen-bond donors (Lipinski definition) is 1. The molecule has 1 aliphatic rings. The highest BCUT2D eigenvalue weighted by atomic mass is 35.5. The van der Waals surface area contributed by atoms with Crippen molar-refractivity contribution in [3.63, 3.8) is 0 Å². The van der Waals surface area contributed by atoms with Crippen LogP contribution >= 0.6 is 23.2 Å². The minimum absolute atomic E-state index is 0.0325. The standard InChI is InChI=1S/C32H37Cl2N3O7S/c1-21(32(39)35-25-7-5-6-8-25)36(19-22-9-11-23(33)12-10-22)31(38)20-37(27-17-24(34)13-15-28(27)42-2)45(40,41)26-14-16-29(43-3)30(18-26)44-4/h9-18,21,25H,5-8,19-20H2,1-4H3,(H,35,39)/t21-/m1/s1. The Morgan fingerprint density at radius 3 is 2.09 bits per heavy atom. The van der Waals surface area contributed by atoms with Gasteiger partial charge < -0.3 is 24.4 Å². The quantitative estimate of drug-likeness (QED) is 0.247. The third-order valence-corrected chi connectivity index (χ3v) is 10.0. The molecule has 1 fully saturated rings. The van der Waals surface area contributed by atoms with Gasteiger partial charge in [-0.2, -0.15) is 0 Å². The zero-order valence-electron chi connectivity index (χ0n) is 25.6. The Labute approximate surface area is 274 Å². The number of benzene rings is 3. The van der Waals surface area contributed by atoms with Gasteiger partial charge in [0.25, 0.3) is 10.0 Å². The maximum Gasteiger partial charge on any atom is 0.265 e. The molecule has 0 spiro atoms. The number of anilines is 1. The van der Waals surface area contributed by atoms with Crippen molar-refractivity contribution in [1.82, 2.24) is 10.2 Å². The number of halogens is 2. The summed E-state index contributed by atoms with van der Waals surface area (Å²) in [7, 11) is -0.223. The van der Waals surface area contributed by atoms with E-state index in [1.165, 1.54) is 56.6 Å². The largest absolute Gasteiger partial charge is 0.495 e. The third-order valence-electron chi connectivity index (χ3n) is 7.77. The highest BCUT2D eigenvalue weighted by Crippen LogP contribution is 2.37. The van der Waals surface area contributed by atoms with E-state index in [1.807, 2.05) is 0 Å². The third kappa shape index (κ3) is 8.14. The molecule has 4 rings (SSSR count). The van der Waals surface area contributed by atoms with Gasteiger partial charge in [-0.1, -0.05) is 48.2 Å². The molecule has 13 heteroatoms. The molecule has 45 heavy (non-hydrogen) atoms.